The summed E-state index contributed by atoms with van der Waals surface area (Å²) in [7, 11) is 0. The molecule has 0 spiro atoms. The van der Waals surface area contributed by atoms with E-state index in [1.54, 1.807) is 0 Å². The lowest BCUT2D eigenvalue weighted by Gasteiger charge is -2.30. The predicted molar refractivity (Wildman–Crippen MR) is 53.2 cm³/mol. The summed E-state index contributed by atoms with van der Waals surface area (Å²) in [4.78, 5) is -0.990. The van der Waals surface area contributed by atoms with Crippen LogP contribution in [0.15, 0.2) is 29.2 Å². The zero-order valence-corrected chi connectivity index (χ0v) is 10.3. The van der Waals surface area contributed by atoms with Crippen LogP contribution >= 0.6 is 11.8 Å². The largest absolute Gasteiger partial charge is 0.446 e. The Morgan fingerprint density at radius 3 is 1.57 bits per heavy atom. The lowest BCUT2D eigenvalue weighted by Crippen LogP contribution is -2.50. The zero-order valence-electron chi connectivity index (χ0n) is 9.50. The molecular formula is C10H4F10S. The minimum absolute atomic E-state index is 0.126. The second-order valence-corrected chi connectivity index (χ2v) is 4.87. The average Bonchev–Trinajstić information content (AvgIpc) is 2.22. The van der Waals surface area contributed by atoms with E-state index in [0.717, 1.165) is 0 Å². The van der Waals surface area contributed by atoms with E-state index in [-0.39, 0.29) is 12.1 Å². The first-order valence-electron chi connectivity index (χ1n) is 4.87. The van der Waals surface area contributed by atoms with E-state index >= 15 is 0 Å². The molecule has 0 nitrogen and oxygen atoms in total. The van der Waals surface area contributed by atoms with Gasteiger partial charge in [0.25, 0.3) is 0 Å². The Labute approximate surface area is 115 Å². The molecule has 0 saturated heterocycles. The van der Waals surface area contributed by atoms with Gasteiger partial charge in [0.05, 0.1) is 0 Å². The van der Waals surface area contributed by atoms with Crippen molar-refractivity contribution < 1.29 is 43.9 Å². The molecular weight excluding hydrogens is 342 g/mol. The maximum Gasteiger partial charge on any atom is 0.446 e. The summed E-state index contributed by atoms with van der Waals surface area (Å²) >= 11 is -0.949. The van der Waals surface area contributed by atoms with Crippen molar-refractivity contribution in [2.45, 2.75) is 28.4 Å². The molecule has 0 atom stereocenters. The van der Waals surface area contributed by atoms with Gasteiger partial charge in [0.15, 0.2) is 0 Å². The van der Waals surface area contributed by atoms with Gasteiger partial charge in [0.1, 0.15) is 0 Å². The summed E-state index contributed by atoms with van der Waals surface area (Å²) in [5.74, 6) is 0. The number of halogens is 10. The summed E-state index contributed by atoms with van der Waals surface area (Å²) in [6.45, 7) is 0. The van der Waals surface area contributed by atoms with Gasteiger partial charge in [-0.05, 0) is 23.9 Å². The van der Waals surface area contributed by atoms with E-state index < -0.39 is 45.8 Å². The van der Waals surface area contributed by atoms with Gasteiger partial charge in [0, 0.05) is 10.5 Å². The highest BCUT2D eigenvalue weighted by Crippen LogP contribution is 2.53. The van der Waals surface area contributed by atoms with Gasteiger partial charge in [-0.2, -0.15) is 39.5 Å². The van der Waals surface area contributed by atoms with Crippen molar-refractivity contribution in [1.29, 1.82) is 0 Å². The van der Waals surface area contributed by atoms with Crippen LogP contribution in [-0.4, -0.2) is 17.9 Å². The molecule has 0 amide bonds. The Hall–Kier alpha value is -1.13. The molecule has 120 valence electrons. The molecule has 1 rings (SSSR count). The summed E-state index contributed by atoms with van der Waals surface area (Å²) in [6, 6.07) is 1.10. The molecule has 0 radical (unpaired) electrons. The molecule has 21 heavy (non-hydrogen) atoms. The van der Waals surface area contributed by atoms with Crippen LogP contribution in [0, 0.1) is 0 Å². The van der Waals surface area contributed by atoms with Crippen LogP contribution in [0.5, 0.6) is 0 Å². The first kappa shape index (κ1) is 17.9. The standard InChI is InChI=1S/C10H4F10S/c11-7(8(12,13)14,9(15,16)17)5-2-1-3-6(4-5)21-10(18,19)20/h1-4H. The molecule has 0 aliphatic rings. The highest BCUT2D eigenvalue weighted by atomic mass is 32.2. The van der Waals surface area contributed by atoms with E-state index in [4.69, 9.17) is 0 Å². The normalized spacial score (nSPS) is 14.4. The number of rotatable bonds is 2. The van der Waals surface area contributed by atoms with Crippen molar-refractivity contribution >= 4 is 11.8 Å². The molecule has 0 aliphatic carbocycles. The lowest BCUT2D eigenvalue weighted by atomic mass is 9.94. The van der Waals surface area contributed by atoms with E-state index in [0.29, 0.717) is 12.1 Å². The molecule has 0 saturated carbocycles. The molecule has 0 aliphatic heterocycles. The first-order chi connectivity index (χ1) is 9.18. The first-order valence-corrected chi connectivity index (χ1v) is 5.69. The van der Waals surface area contributed by atoms with E-state index in [1.165, 1.54) is 0 Å². The quantitative estimate of drug-likeness (QED) is 0.497. The van der Waals surface area contributed by atoms with Crippen molar-refractivity contribution in [3.63, 3.8) is 0 Å². The van der Waals surface area contributed by atoms with Crippen LogP contribution < -0.4 is 0 Å². The van der Waals surface area contributed by atoms with Crippen molar-refractivity contribution in [1.82, 2.24) is 0 Å². The number of thioether (sulfide) groups is 1. The fourth-order valence-electron chi connectivity index (χ4n) is 1.40. The molecule has 0 aromatic heterocycles. The summed E-state index contributed by atoms with van der Waals surface area (Å²) < 4.78 is 124. The van der Waals surface area contributed by atoms with Gasteiger partial charge in [-0.15, -0.1) is 0 Å². The fourth-order valence-corrected chi connectivity index (χ4v) is 2.00. The third-order valence-electron chi connectivity index (χ3n) is 2.25. The maximum absolute atomic E-state index is 13.6. The molecule has 0 N–H and O–H groups in total. The Kier molecular flexibility index (Phi) is 4.48. The minimum atomic E-state index is -6.37. The van der Waals surface area contributed by atoms with Crippen LogP contribution in [0.2, 0.25) is 0 Å². The highest BCUT2D eigenvalue weighted by molar-refractivity contribution is 8.00. The maximum atomic E-state index is 13.6. The van der Waals surface area contributed by atoms with Crippen molar-refractivity contribution in [2.75, 3.05) is 0 Å². The topological polar surface area (TPSA) is 0 Å². The van der Waals surface area contributed by atoms with E-state index in [1.807, 2.05) is 0 Å². The molecule has 0 heterocycles. The van der Waals surface area contributed by atoms with Crippen LogP contribution in [0.25, 0.3) is 0 Å². The minimum Gasteiger partial charge on any atom is -0.218 e. The molecule has 0 unspecified atom stereocenters. The number of benzene rings is 1. The van der Waals surface area contributed by atoms with Crippen molar-refractivity contribution in [2.24, 2.45) is 0 Å². The number of hydrogen-bond acceptors (Lipinski definition) is 1. The number of hydrogen-bond donors (Lipinski definition) is 0. The fraction of sp³-hybridized carbons (Fsp3) is 0.400. The van der Waals surface area contributed by atoms with Crippen molar-refractivity contribution in [3.8, 4) is 0 Å². The van der Waals surface area contributed by atoms with Gasteiger partial charge in [-0.25, -0.2) is 4.39 Å². The third-order valence-corrected chi connectivity index (χ3v) is 2.97. The predicted octanol–water partition coefficient (Wildman–Crippen LogP) is 5.59. The van der Waals surface area contributed by atoms with Gasteiger partial charge in [-0.3, -0.25) is 0 Å². The Morgan fingerprint density at radius 2 is 1.19 bits per heavy atom. The second kappa shape index (κ2) is 5.25. The summed E-state index contributed by atoms with van der Waals surface area (Å²) in [5.41, 5.74) is -12.6. The van der Waals surface area contributed by atoms with Crippen molar-refractivity contribution in [3.05, 3.63) is 29.8 Å². The second-order valence-electron chi connectivity index (χ2n) is 3.73. The monoisotopic (exact) mass is 346 g/mol. The van der Waals surface area contributed by atoms with Crippen LogP contribution in [-0.2, 0) is 5.67 Å². The molecule has 1 aromatic carbocycles. The van der Waals surface area contributed by atoms with Crippen LogP contribution in [0.1, 0.15) is 5.56 Å². The third kappa shape index (κ3) is 3.74. The average molecular weight is 346 g/mol. The Bertz CT molecular complexity index is 484. The smallest absolute Gasteiger partial charge is 0.218 e. The van der Waals surface area contributed by atoms with E-state index in [9.17, 15) is 43.9 Å². The SMILES string of the molecule is FC(F)(F)Sc1cccc(C(F)(C(F)(F)F)C(F)(F)F)c1. The van der Waals surface area contributed by atoms with Crippen LogP contribution in [0.3, 0.4) is 0 Å². The van der Waals surface area contributed by atoms with Gasteiger partial charge in [0.2, 0.25) is 0 Å². The Balaban J connectivity index is 3.39. The molecule has 1 aromatic rings. The van der Waals surface area contributed by atoms with Gasteiger partial charge < -0.3 is 0 Å². The van der Waals surface area contributed by atoms with Gasteiger partial charge >= 0.3 is 23.5 Å². The zero-order chi connectivity index (χ0) is 16.7. The summed E-state index contributed by atoms with van der Waals surface area (Å²) in [6.07, 6.45) is -12.7. The van der Waals surface area contributed by atoms with Gasteiger partial charge in [-0.1, -0.05) is 12.1 Å². The lowest BCUT2D eigenvalue weighted by molar-refractivity contribution is -0.348. The van der Waals surface area contributed by atoms with Crippen LogP contribution in [0.4, 0.5) is 43.9 Å². The highest BCUT2D eigenvalue weighted by Gasteiger charge is 2.73. The molecule has 0 fully saturated rings. The number of alkyl halides is 10. The van der Waals surface area contributed by atoms with E-state index in [2.05, 4.69) is 0 Å². The Morgan fingerprint density at radius 1 is 0.714 bits per heavy atom. The molecule has 11 heteroatoms. The molecule has 0 bridgehead atoms. The summed E-state index contributed by atoms with van der Waals surface area (Å²) in [5, 5.41) is 0.